The fourth-order valence-electron chi connectivity index (χ4n) is 2.16. The maximum absolute atomic E-state index is 12.2. The van der Waals surface area contributed by atoms with E-state index in [2.05, 4.69) is 10.5 Å². The van der Waals surface area contributed by atoms with Crippen LogP contribution in [0.5, 0.6) is 0 Å². The van der Waals surface area contributed by atoms with Crippen molar-refractivity contribution < 1.29 is 14.7 Å². The molecule has 1 aliphatic rings. The molecule has 18 heavy (non-hydrogen) atoms. The van der Waals surface area contributed by atoms with E-state index in [0.29, 0.717) is 12.8 Å². The van der Waals surface area contributed by atoms with E-state index < -0.39 is 11.1 Å². The Kier molecular flexibility index (Phi) is 4.56. The summed E-state index contributed by atoms with van der Waals surface area (Å²) in [5.41, 5.74) is 4.09. The number of nitrogens with two attached hydrogens (primary N) is 1. The van der Waals surface area contributed by atoms with Gasteiger partial charge in [0, 0.05) is 7.11 Å². The number of amidine groups is 1. The molecule has 0 spiro atoms. The van der Waals surface area contributed by atoms with Gasteiger partial charge in [-0.25, -0.2) is 0 Å². The molecule has 0 unspecified atom stereocenters. The number of oxime groups is 1. The third-order valence-electron chi connectivity index (χ3n) is 3.72. The molecule has 6 nitrogen and oxygen atoms in total. The second-order valence-corrected chi connectivity index (χ2v) is 5.30. The standard InChI is InChI=1S/C12H23N3O3/c1-11(2,18-3)10(16)14-12(9(13)15-17)7-5-4-6-8-12/h17H,4-8H2,1-3H3,(H2,13,15)(H,14,16). The molecule has 104 valence electrons. The maximum atomic E-state index is 12.2. The van der Waals surface area contributed by atoms with Crippen LogP contribution < -0.4 is 11.1 Å². The Hall–Kier alpha value is -1.30. The zero-order chi connectivity index (χ0) is 13.8. The van der Waals surface area contributed by atoms with Crippen LogP contribution in [-0.4, -0.2) is 35.2 Å². The van der Waals surface area contributed by atoms with Gasteiger partial charge in [0.1, 0.15) is 11.1 Å². The molecule has 0 aromatic carbocycles. The van der Waals surface area contributed by atoms with Crippen molar-refractivity contribution in [2.75, 3.05) is 7.11 Å². The number of ether oxygens (including phenoxy) is 1. The van der Waals surface area contributed by atoms with E-state index in [4.69, 9.17) is 15.7 Å². The Morgan fingerprint density at radius 3 is 2.39 bits per heavy atom. The molecule has 0 atom stereocenters. The van der Waals surface area contributed by atoms with Gasteiger partial charge >= 0.3 is 0 Å². The molecular formula is C12H23N3O3. The summed E-state index contributed by atoms with van der Waals surface area (Å²) in [6.45, 7) is 3.37. The van der Waals surface area contributed by atoms with Gasteiger partial charge in [-0.1, -0.05) is 24.4 Å². The van der Waals surface area contributed by atoms with E-state index in [1.165, 1.54) is 7.11 Å². The summed E-state index contributed by atoms with van der Waals surface area (Å²) in [5, 5.41) is 14.9. The average molecular weight is 257 g/mol. The molecular weight excluding hydrogens is 234 g/mol. The SMILES string of the molecule is COC(C)(C)C(=O)NC1(C(N)=NO)CCCCC1. The highest BCUT2D eigenvalue weighted by Crippen LogP contribution is 2.29. The molecule has 0 aliphatic heterocycles. The maximum Gasteiger partial charge on any atom is 0.252 e. The number of methoxy groups -OCH3 is 1. The van der Waals surface area contributed by atoms with Crippen molar-refractivity contribution >= 4 is 11.7 Å². The van der Waals surface area contributed by atoms with Crippen molar-refractivity contribution in [1.82, 2.24) is 5.32 Å². The van der Waals surface area contributed by atoms with Crippen LogP contribution in [0.25, 0.3) is 0 Å². The largest absolute Gasteiger partial charge is 0.409 e. The Morgan fingerprint density at radius 2 is 1.94 bits per heavy atom. The number of carbonyl (C=O) groups is 1. The van der Waals surface area contributed by atoms with Gasteiger partial charge in [-0.05, 0) is 26.7 Å². The molecule has 0 radical (unpaired) electrons. The van der Waals surface area contributed by atoms with Gasteiger partial charge in [0.25, 0.3) is 5.91 Å². The molecule has 0 bridgehead atoms. The van der Waals surface area contributed by atoms with Crippen LogP contribution in [0.15, 0.2) is 5.16 Å². The van der Waals surface area contributed by atoms with E-state index in [1.807, 2.05) is 0 Å². The van der Waals surface area contributed by atoms with Crippen LogP contribution in [0.3, 0.4) is 0 Å². The van der Waals surface area contributed by atoms with Gasteiger partial charge in [0.2, 0.25) is 0 Å². The molecule has 0 aromatic rings. The molecule has 1 amide bonds. The highest BCUT2D eigenvalue weighted by atomic mass is 16.5. The molecule has 0 aromatic heterocycles. The third kappa shape index (κ3) is 2.93. The first-order chi connectivity index (χ1) is 8.38. The number of rotatable bonds is 4. The lowest BCUT2D eigenvalue weighted by molar-refractivity contribution is -0.141. The summed E-state index contributed by atoms with van der Waals surface area (Å²) in [7, 11) is 1.48. The van der Waals surface area contributed by atoms with Crippen molar-refractivity contribution in [3.63, 3.8) is 0 Å². The van der Waals surface area contributed by atoms with Crippen LogP contribution in [0.2, 0.25) is 0 Å². The van der Waals surface area contributed by atoms with Gasteiger partial charge in [-0.15, -0.1) is 0 Å². The monoisotopic (exact) mass is 257 g/mol. The first-order valence-electron chi connectivity index (χ1n) is 6.24. The number of hydrogen-bond donors (Lipinski definition) is 3. The number of nitrogens with zero attached hydrogens (tertiary/aromatic N) is 1. The minimum Gasteiger partial charge on any atom is -0.409 e. The lowest BCUT2D eigenvalue weighted by Crippen LogP contribution is -2.62. The molecule has 0 saturated heterocycles. The fourth-order valence-corrected chi connectivity index (χ4v) is 2.16. The summed E-state index contributed by atoms with van der Waals surface area (Å²) in [6, 6.07) is 0. The fraction of sp³-hybridized carbons (Fsp3) is 0.833. The molecule has 4 N–H and O–H groups in total. The summed E-state index contributed by atoms with van der Waals surface area (Å²) in [5.74, 6) is -0.180. The zero-order valence-corrected chi connectivity index (χ0v) is 11.3. The van der Waals surface area contributed by atoms with Gasteiger partial charge in [0.05, 0.1) is 0 Å². The lowest BCUT2D eigenvalue weighted by atomic mass is 9.80. The molecule has 1 saturated carbocycles. The van der Waals surface area contributed by atoms with Crippen LogP contribution in [0, 0.1) is 0 Å². The Labute approximate surface area is 108 Å². The van der Waals surface area contributed by atoms with Gasteiger partial charge in [0.15, 0.2) is 5.84 Å². The lowest BCUT2D eigenvalue weighted by Gasteiger charge is -2.38. The van der Waals surface area contributed by atoms with Crippen molar-refractivity contribution in [2.24, 2.45) is 10.9 Å². The summed E-state index contributed by atoms with van der Waals surface area (Å²) >= 11 is 0. The van der Waals surface area contributed by atoms with Gasteiger partial charge < -0.3 is 21.0 Å². The van der Waals surface area contributed by atoms with Crippen molar-refractivity contribution in [1.29, 1.82) is 0 Å². The van der Waals surface area contributed by atoms with E-state index in [9.17, 15) is 4.79 Å². The molecule has 1 fully saturated rings. The molecule has 1 aliphatic carbocycles. The molecule has 0 heterocycles. The van der Waals surface area contributed by atoms with Gasteiger partial charge in [-0.3, -0.25) is 4.79 Å². The van der Waals surface area contributed by atoms with Crippen LogP contribution >= 0.6 is 0 Å². The normalized spacial score (nSPS) is 20.5. The predicted molar refractivity (Wildman–Crippen MR) is 68.5 cm³/mol. The van der Waals surface area contributed by atoms with E-state index >= 15 is 0 Å². The topological polar surface area (TPSA) is 96.9 Å². The highest BCUT2D eigenvalue weighted by molar-refractivity contribution is 5.95. The Bertz CT molecular complexity index is 333. The van der Waals surface area contributed by atoms with Crippen LogP contribution in [0.4, 0.5) is 0 Å². The highest BCUT2D eigenvalue weighted by Gasteiger charge is 2.41. The minimum absolute atomic E-state index is 0.0717. The van der Waals surface area contributed by atoms with Crippen molar-refractivity contribution in [3.8, 4) is 0 Å². The van der Waals surface area contributed by atoms with Crippen molar-refractivity contribution in [3.05, 3.63) is 0 Å². The first-order valence-corrected chi connectivity index (χ1v) is 6.24. The van der Waals surface area contributed by atoms with E-state index in [-0.39, 0.29) is 11.7 Å². The van der Waals surface area contributed by atoms with Crippen LogP contribution in [-0.2, 0) is 9.53 Å². The van der Waals surface area contributed by atoms with Crippen molar-refractivity contribution in [2.45, 2.75) is 57.1 Å². The zero-order valence-electron chi connectivity index (χ0n) is 11.3. The Balaban J connectivity index is 2.89. The smallest absolute Gasteiger partial charge is 0.252 e. The van der Waals surface area contributed by atoms with Gasteiger partial charge in [-0.2, -0.15) is 0 Å². The summed E-state index contributed by atoms with van der Waals surface area (Å²) < 4.78 is 5.14. The minimum atomic E-state index is -0.930. The predicted octanol–water partition coefficient (Wildman–Crippen LogP) is 0.977. The van der Waals surface area contributed by atoms with E-state index in [1.54, 1.807) is 13.8 Å². The van der Waals surface area contributed by atoms with E-state index in [0.717, 1.165) is 19.3 Å². The number of amides is 1. The van der Waals surface area contributed by atoms with Crippen LogP contribution in [0.1, 0.15) is 46.0 Å². The molecule has 1 rings (SSSR count). The number of carbonyl (C=O) groups excluding carboxylic acids is 1. The third-order valence-corrected chi connectivity index (χ3v) is 3.72. The second kappa shape index (κ2) is 5.56. The number of hydrogen-bond acceptors (Lipinski definition) is 4. The average Bonchev–Trinajstić information content (AvgIpc) is 2.38. The molecule has 6 heteroatoms. The summed E-state index contributed by atoms with van der Waals surface area (Å²) in [6.07, 6.45) is 4.38. The second-order valence-electron chi connectivity index (χ2n) is 5.30. The number of nitrogens with one attached hydrogen (secondary N) is 1. The quantitative estimate of drug-likeness (QED) is 0.302. The Morgan fingerprint density at radius 1 is 1.39 bits per heavy atom. The first kappa shape index (κ1) is 14.8. The summed E-state index contributed by atoms with van der Waals surface area (Å²) in [4.78, 5) is 12.2.